The highest BCUT2D eigenvalue weighted by atomic mass is 16.7. The molecule has 0 saturated carbocycles. The number of hydrogen-bond donors (Lipinski definition) is 0. The SMILES string of the molecule is C=CC(=O)OC(CC)Oc1ccc(-c2ccc(OC(CC)OC(=O)C=C)cc2)cc1. The van der Waals surface area contributed by atoms with E-state index >= 15 is 0 Å². The molecule has 0 aromatic heterocycles. The second kappa shape index (κ2) is 11.5. The van der Waals surface area contributed by atoms with E-state index in [2.05, 4.69) is 13.2 Å². The zero-order chi connectivity index (χ0) is 21.9. The molecule has 0 spiro atoms. The Bertz CT molecular complexity index is 781. The van der Waals surface area contributed by atoms with Crippen LogP contribution < -0.4 is 9.47 Å². The van der Waals surface area contributed by atoms with Crippen molar-refractivity contribution in [2.45, 2.75) is 39.3 Å². The van der Waals surface area contributed by atoms with E-state index in [1.54, 1.807) is 0 Å². The quantitative estimate of drug-likeness (QED) is 0.294. The van der Waals surface area contributed by atoms with E-state index in [9.17, 15) is 9.59 Å². The molecule has 0 N–H and O–H groups in total. The Hall–Kier alpha value is -3.54. The number of carbonyl (C=O) groups is 2. The van der Waals surface area contributed by atoms with E-state index in [0.29, 0.717) is 24.3 Å². The molecule has 0 heterocycles. The monoisotopic (exact) mass is 410 g/mol. The van der Waals surface area contributed by atoms with Gasteiger partial charge in [-0.3, -0.25) is 0 Å². The first kappa shape index (κ1) is 22.7. The molecular weight excluding hydrogens is 384 g/mol. The van der Waals surface area contributed by atoms with Gasteiger partial charge in [0.25, 0.3) is 0 Å². The number of carbonyl (C=O) groups excluding carboxylic acids is 2. The number of hydrogen-bond acceptors (Lipinski definition) is 6. The van der Waals surface area contributed by atoms with Crippen molar-refractivity contribution < 1.29 is 28.5 Å². The van der Waals surface area contributed by atoms with Gasteiger partial charge in [-0.25, -0.2) is 9.59 Å². The molecule has 0 aliphatic carbocycles. The van der Waals surface area contributed by atoms with Crippen molar-refractivity contribution >= 4 is 11.9 Å². The largest absolute Gasteiger partial charge is 0.455 e. The van der Waals surface area contributed by atoms with Crippen LogP contribution in [0.15, 0.2) is 73.8 Å². The molecule has 6 nitrogen and oxygen atoms in total. The molecule has 2 unspecified atom stereocenters. The summed E-state index contributed by atoms with van der Waals surface area (Å²) in [5.74, 6) is 0.144. The van der Waals surface area contributed by atoms with Crippen LogP contribution in [0.5, 0.6) is 11.5 Å². The van der Waals surface area contributed by atoms with Gasteiger partial charge >= 0.3 is 11.9 Å². The summed E-state index contributed by atoms with van der Waals surface area (Å²) in [5, 5.41) is 0. The van der Waals surface area contributed by atoms with Crippen LogP contribution in [0.25, 0.3) is 11.1 Å². The Morgan fingerprint density at radius 2 is 1.07 bits per heavy atom. The Kier molecular flexibility index (Phi) is 8.69. The van der Waals surface area contributed by atoms with Gasteiger partial charge in [0, 0.05) is 25.0 Å². The van der Waals surface area contributed by atoms with Gasteiger partial charge in [-0.15, -0.1) is 0 Å². The van der Waals surface area contributed by atoms with Crippen LogP contribution in [0.2, 0.25) is 0 Å². The lowest BCUT2D eigenvalue weighted by molar-refractivity contribution is -0.158. The van der Waals surface area contributed by atoms with E-state index in [1.807, 2.05) is 62.4 Å². The van der Waals surface area contributed by atoms with E-state index in [-0.39, 0.29) is 0 Å². The molecule has 0 aliphatic rings. The molecule has 0 amide bonds. The Labute approximate surface area is 176 Å². The first-order valence-electron chi connectivity index (χ1n) is 9.68. The summed E-state index contributed by atoms with van der Waals surface area (Å²) in [4.78, 5) is 22.7. The van der Waals surface area contributed by atoms with Gasteiger partial charge in [0.2, 0.25) is 12.6 Å². The third-order valence-corrected chi connectivity index (χ3v) is 4.07. The number of esters is 2. The van der Waals surface area contributed by atoms with E-state index in [4.69, 9.17) is 18.9 Å². The van der Waals surface area contributed by atoms with Crippen molar-refractivity contribution in [3.8, 4) is 22.6 Å². The summed E-state index contributed by atoms with van der Waals surface area (Å²) in [5.41, 5.74) is 1.96. The third kappa shape index (κ3) is 6.81. The van der Waals surface area contributed by atoms with Crippen LogP contribution >= 0.6 is 0 Å². The third-order valence-electron chi connectivity index (χ3n) is 4.07. The van der Waals surface area contributed by atoms with E-state index in [1.165, 1.54) is 0 Å². The molecule has 2 aromatic carbocycles. The second-order valence-electron chi connectivity index (χ2n) is 6.24. The first-order valence-corrected chi connectivity index (χ1v) is 9.68. The summed E-state index contributed by atoms with van der Waals surface area (Å²) in [6.45, 7) is 10.5. The molecular formula is C24H26O6. The maximum atomic E-state index is 11.3. The lowest BCUT2D eigenvalue weighted by atomic mass is 10.1. The topological polar surface area (TPSA) is 71.1 Å². The highest BCUT2D eigenvalue weighted by molar-refractivity contribution is 5.81. The van der Waals surface area contributed by atoms with Crippen LogP contribution in [-0.4, -0.2) is 24.5 Å². The molecule has 6 heteroatoms. The van der Waals surface area contributed by atoms with Crippen molar-refractivity contribution in [1.29, 1.82) is 0 Å². The van der Waals surface area contributed by atoms with Crippen LogP contribution in [-0.2, 0) is 19.1 Å². The summed E-state index contributed by atoms with van der Waals surface area (Å²) >= 11 is 0. The van der Waals surface area contributed by atoms with Gasteiger partial charge < -0.3 is 18.9 Å². The van der Waals surface area contributed by atoms with E-state index in [0.717, 1.165) is 23.3 Å². The Balaban J connectivity index is 2.01. The van der Waals surface area contributed by atoms with Gasteiger partial charge in [0.05, 0.1) is 0 Å². The predicted octanol–water partition coefficient (Wildman–Crippen LogP) is 5.04. The minimum atomic E-state index is -0.667. The number of rotatable bonds is 11. The zero-order valence-electron chi connectivity index (χ0n) is 17.2. The average Bonchev–Trinajstić information content (AvgIpc) is 2.78. The zero-order valence-corrected chi connectivity index (χ0v) is 17.2. The predicted molar refractivity (Wildman–Crippen MR) is 114 cm³/mol. The van der Waals surface area contributed by atoms with Crippen molar-refractivity contribution in [3.05, 3.63) is 73.8 Å². The second-order valence-corrected chi connectivity index (χ2v) is 6.24. The maximum Gasteiger partial charge on any atom is 0.333 e. The number of ether oxygens (including phenoxy) is 4. The van der Waals surface area contributed by atoms with Crippen LogP contribution in [0, 0.1) is 0 Å². The Morgan fingerprint density at radius 3 is 1.33 bits per heavy atom. The fourth-order valence-corrected chi connectivity index (χ4v) is 2.49. The van der Waals surface area contributed by atoms with Crippen LogP contribution in [0.1, 0.15) is 26.7 Å². The lowest BCUT2D eigenvalue weighted by Crippen LogP contribution is -2.22. The minimum absolute atomic E-state index is 0.518. The fraction of sp³-hybridized carbons (Fsp3) is 0.250. The van der Waals surface area contributed by atoms with Crippen molar-refractivity contribution in [3.63, 3.8) is 0 Å². The van der Waals surface area contributed by atoms with Crippen LogP contribution in [0.3, 0.4) is 0 Å². The van der Waals surface area contributed by atoms with Gasteiger partial charge in [-0.05, 0) is 35.4 Å². The molecule has 2 atom stereocenters. The molecule has 30 heavy (non-hydrogen) atoms. The number of benzene rings is 2. The van der Waals surface area contributed by atoms with E-state index < -0.39 is 24.5 Å². The van der Waals surface area contributed by atoms with Gasteiger partial charge in [-0.2, -0.15) is 0 Å². The molecule has 158 valence electrons. The van der Waals surface area contributed by atoms with Crippen molar-refractivity contribution in [2.24, 2.45) is 0 Å². The molecule has 0 radical (unpaired) electrons. The highest BCUT2D eigenvalue weighted by Crippen LogP contribution is 2.26. The maximum absolute atomic E-state index is 11.3. The summed E-state index contributed by atoms with van der Waals surface area (Å²) < 4.78 is 21.6. The molecule has 0 aliphatic heterocycles. The molecule has 2 rings (SSSR count). The van der Waals surface area contributed by atoms with Gasteiger partial charge in [0.1, 0.15) is 11.5 Å². The van der Waals surface area contributed by atoms with Gasteiger partial charge in [-0.1, -0.05) is 51.3 Å². The normalized spacial score (nSPS) is 12.2. The Morgan fingerprint density at radius 1 is 0.733 bits per heavy atom. The molecule has 0 bridgehead atoms. The standard InChI is InChI=1S/C24H26O6/c1-5-21(25)29-23(7-3)27-19-13-9-17(10-14-19)18-11-15-20(16-12-18)28-24(8-4)30-22(26)6-2/h5-6,9-16,23-24H,1-2,7-8H2,3-4H3. The average molecular weight is 410 g/mol. The van der Waals surface area contributed by atoms with Crippen molar-refractivity contribution in [2.75, 3.05) is 0 Å². The molecule has 0 fully saturated rings. The highest BCUT2D eigenvalue weighted by Gasteiger charge is 2.13. The fourth-order valence-electron chi connectivity index (χ4n) is 2.49. The summed E-state index contributed by atoms with van der Waals surface area (Å²) in [6.07, 6.45) is 1.91. The van der Waals surface area contributed by atoms with Gasteiger partial charge in [0.15, 0.2) is 0 Å². The first-order chi connectivity index (χ1) is 14.5. The van der Waals surface area contributed by atoms with Crippen LogP contribution in [0.4, 0.5) is 0 Å². The lowest BCUT2D eigenvalue weighted by Gasteiger charge is -2.18. The molecule has 2 aromatic rings. The van der Waals surface area contributed by atoms with Crippen molar-refractivity contribution in [1.82, 2.24) is 0 Å². The molecule has 0 saturated heterocycles. The summed E-state index contributed by atoms with van der Waals surface area (Å²) in [7, 11) is 0. The summed E-state index contributed by atoms with van der Waals surface area (Å²) in [6, 6.07) is 14.9. The minimum Gasteiger partial charge on any atom is -0.455 e. The smallest absolute Gasteiger partial charge is 0.333 e.